The first-order valence-electron chi connectivity index (χ1n) is 11.4. The lowest BCUT2D eigenvalue weighted by molar-refractivity contribution is -0.143. The first-order valence-corrected chi connectivity index (χ1v) is 12.1. The Morgan fingerprint density at radius 1 is 1.06 bits per heavy atom. The molecule has 1 N–H and O–H groups in total. The average Bonchev–Trinajstić information content (AvgIpc) is 2.77. The molecular weight excluding hydrogens is 459 g/mol. The van der Waals surface area contributed by atoms with E-state index in [1.54, 1.807) is 23.1 Å². The van der Waals surface area contributed by atoms with Crippen LogP contribution < -0.4 is 10.1 Å². The molecule has 0 bridgehead atoms. The van der Waals surface area contributed by atoms with Crippen molar-refractivity contribution < 1.29 is 14.3 Å². The predicted molar refractivity (Wildman–Crippen MR) is 135 cm³/mol. The van der Waals surface area contributed by atoms with Crippen LogP contribution in [0, 0.1) is 5.92 Å². The van der Waals surface area contributed by atoms with Gasteiger partial charge in [-0.1, -0.05) is 82.1 Å². The second-order valence-electron chi connectivity index (χ2n) is 8.80. The van der Waals surface area contributed by atoms with Gasteiger partial charge in [0, 0.05) is 23.1 Å². The van der Waals surface area contributed by atoms with E-state index < -0.39 is 6.04 Å². The maximum Gasteiger partial charge on any atom is 0.261 e. The predicted octanol–water partition coefficient (Wildman–Crippen LogP) is 6.08. The van der Waals surface area contributed by atoms with Crippen LogP contribution >= 0.6 is 23.2 Å². The monoisotopic (exact) mass is 492 g/mol. The van der Waals surface area contributed by atoms with Crippen molar-refractivity contribution in [2.75, 3.05) is 13.2 Å². The van der Waals surface area contributed by atoms with Crippen molar-refractivity contribution in [3.05, 3.63) is 63.6 Å². The summed E-state index contributed by atoms with van der Waals surface area (Å²) in [5, 5.41) is 3.91. The minimum absolute atomic E-state index is 0.178. The van der Waals surface area contributed by atoms with E-state index in [0.29, 0.717) is 40.2 Å². The largest absolute Gasteiger partial charge is 0.483 e. The van der Waals surface area contributed by atoms with Gasteiger partial charge in [0.1, 0.15) is 11.8 Å². The van der Waals surface area contributed by atoms with Gasteiger partial charge in [0.15, 0.2) is 6.61 Å². The van der Waals surface area contributed by atoms with Gasteiger partial charge < -0.3 is 15.0 Å². The standard InChI is InChI=1S/C26H34Cl2N2O3/c1-6-23(26(32)29-14-17(2)3)30(15-19-11-12-20(27)13-22(19)28)25(31)16-33-24-10-8-7-9-21(24)18(4)5/h7-13,17-18,23H,6,14-16H2,1-5H3,(H,29,32). The summed E-state index contributed by atoms with van der Waals surface area (Å²) in [6, 6.07) is 12.2. The fraction of sp³-hybridized carbons (Fsp3) is 0.462. The molecule has 1 atom stereocenters. The normalized spacial score (nSPS) is 12.0. The third kappa shape index (κ3) is 7.94. The smallest absolute Gasteiger partial charge is 0.261 e. The van der Waals surface area contributed by atoms with E-state index in [0.717, 1.165) is 5.56 Å². The Labute approximate surface area is 207 Å². The van der Waals surface area contributed by atoms with Crippen molar-refractivity contribution in [1.29, 1.82) is 0 Å². The van der Waals surface area contributed by atoms with Crippen LogP contribution in [0.2, 0.25) is 10.0 Å². The van der Waals surface area contributed by atoms with E-state index in [2.05, 4.69) is 19.2 Å². The van der Waals surface area contributed by atoms with E-state index in [1.807, 2.05) is 45.0 Å². The van der Waals surface area contributed by atoms with Crippen molar-refractivity contribution in [2.24, 2.45) is 5.92 Å². The molecular formula is C26H34Cl2N2O3. The lowest BCUT2D eigenvalue weighted by Crippen LogP contribution is -2.50. The molecule has 2 amide bonds. The second-order valence-corrected chi connectivity index (χ2v) is 9.65. The Balaban J connectivity index is 2.28. The van der Waals surface area contributed by atoms with Gasteiger partial charge in [0.2, 0.25) is 5.91 Å². The molecule has 2 rings (SSSR count). The van der Waals surface area contributed by atoms with Crippen LogP contribution in [0.3, 0.4) is 0 Å². The molecule has 0 aliphatic rings. The zero-order valence-electron chi connectivity index (χ0n) is 20.0. The highest BCUT2D eigenvalue weighted by Gasteiger charge is 2.29. The summed E-state index contributed by atoms with van der Waals surface area (Å²) in [5.41, 5.74) is 1.74. The third-order valence-electron chi connectivity index (χ3n) is 5.32. The molecule has 0 heterocycles. The van der Waals surface area contributed by atoms with Gasteiger partial charge in [-0.25, -0.2) is 0 Å². The van der Waals surface area contributed by atoms with Crippen molar-refractivity contribution in [1.82, 2.24) is 10.2 Å². The van der Waals surface area contributed by atoms with Crippen LogP contribution in [0.25, 0.3) is 0 Å². The number of carbonyl (C=O) groups excluding carboxylic acids is 2. The summed E-state index contributed by atoms with van der Waals surface area (Å²) in [4.78, 5) is 27.9. The Kier molecular flexibility index (Phi) is 10.5. The van der Waals surface area contributed by atoms with Crippen LogP contribution in [-0.4, -0.2) is 35.9 Å². The fourth-order valence-electron chi connectivity index (χ4n) is 3.49. The van der Waals surface area contributed by atoms with Crippen LogP contribution in [0.15, 0.2) is 42.5 Å². The lowest BCUT2D eigenvalue weighted by atomic mass is 10.0. The van der Waals surface area contributed by atoms with Crippen molar-refractivity contribution >= 4 is 35.0 Å². The summed E-state index contributed by atoms with van der Waals surface area (Å²) in [6.45, 7) is 10.6. The van der Waals surface area contributed by atoms with Gasteiger partial charge in [-0.2, -0.15) is 0 Å². The minimum Gasteiger partial charge on any atom is -0.483 e. The van der Waals surface area contributed by atoms with E-state index in [1.165, 1.54) is 0 Å². The van der Waals surface area contributed by atoms with E-state index >= 15 is 0 Å². The van der Waals surface area contributed by atoms with Crippen molar-refractivity contribution in [3.8, 4) is 5.75 Å². The molecule has 7 heteroatoms. The SMILES string of the molecule is CCC(C(=O)NCC(C)C)N(Cc1ccc(Cl)cc1Cl)C(=O)COc1ccccc1C(C)C. The molecule has 0 radical (unpaired) electrons. The topological polar surface area (TPSA) is 58.6 Å². The summed E-state index contributed by atoms with van der Waals surface area (Å²) in [5.74, 6) is 0.753. The number of amides is 2. The Bertz CT molecular complexity index is 947. The van der Waals surface area contributed by atoms with E-state index in [-0.39, 0.29) is 30.9 Å². The molecule has 2 aromatic carbocycles. The summed E-state index contributed by atoms with van der Waals surface area (Å²) >= 11 is 12.4. The summed E-state index contributed by atoms with van der Waals surface area (Å²) in [6.07, 6.45) is 0.462. The zero-order valence-corrected chi connectivity index (χ0v) is 21.5. The zero-order chi connectivity index (χ0) is 24.5. The molecule has 180 valence electrons. The highest BCUT2D eigenvalue weighted by molar-refractivity contribution is 6.35. The first-order chi connectivity index (χ1) is 15.6. The molecule has 0 fully saturated rings. The van der Waals surface area contributed by atoms with Gasteiger partial charge in [-0.15, -0.1) is 0 Å². The summed E-state index contributed by atoms with van der Waals surface area (Å²) in [7, 11) is 0. The molecule has 2 aromatic rings. The Morgan fingerprint density at radius 3 is 2.36 bits per heavy atom. The number of halogens is 2. The van der Waals surface area contributed by atoms with Crippen LogP contribution in [-0.2, 0) is 16.1 Å². The number of ether oxygens (including phenoxy) is 1. The third-order valence-corrected chi connectivity index (χ3v) is 5.91. The molecule has 0 aliphatic heterocycles. The number of nitrogens with zero attached hydrogens (tertiary/aromatic N) is 1. The first kappa shape index (κ1) is 27.0. The highest BCUT2D eigenvalue weighted by atomic mass is 35.5. The number of hydrogen-bond acceptors (Lipinski definition) is 3. The minimum atomic E-state index is -0.646. The quantitative estimate of drug-likeness (QED) is 0.413. The lowest BCUT2D eigenvalue weighted by Gasteiger charge is -2.31. The Morgan fingerprint density at radius 2 is 1.76 bits per heavy atom. The molecule has 0 spiro atoms. The molecule has 0 saturated carbocycles. The maximum atomic E-state index is 13.4. The maximum absolute atomic E-state index is 13.4. The number of hydrogen-bond donors (Lipinski definition) is 1. The average molecular weight is 493 g/mol. The number of rotatable bonds is 11. The van der Waals surface area contributed by atoms with Crippen LogP contribution in [0.1, 0.15) is 58.1 Å². The molecule has 1 unspecified atom stereocenters. The van der Waals surface area contributed by atoms with E-state index in [4.69, 9.17) is 27.9 Å². The van der Waals surface area contributed by atoms with Gasteiger partial charge in [-0.05, 0) is 47.6 Å². The van der Waals surface area contributed by atoms with E-state index in [9.17, 15) is 9.59 Å². The van der Waals surface area contributed by atoms with Gasteiger partial charge in [0.25, 0.3) is 5.91 Å². The molecule has 0 aromatic heterocycles. The van der Waals surface area contributed by atoms with Gasteiger partial charge in [-0.3, -0.25) is 9.59 Å². The number of carbonyl (C=O) groups is 2. The molecule has 5 nitrogen and oxygen atoms in total. The molecule has 0 aliphatic carbocycles. The van der Waals surface area contributed by atoms with Gasteiger partial charge in [0.05, 0.1) is 0 Å². The Hall–Kier alpha value is -2.24. The fourth-order valence-corrected chi connectivity index (χ4v) is 3.96. The van der Waals surface area contributed by atoms with Crippen molar-refractivity contribution in [3.63, 3.8) is 0 Å². The number of benzene rings is 2. The number of nitrogens with one attached hydrogen (secondary N) is 1. The van der Waals surface area contributed by atoms with Crippen molar-refractivity contribution in [2.45, 2.75) is 59.5 Å². The van der Waals surface area contributed by atoms with Crippen LogP contribution in [0.4, 0.5) is 0 Å². The van der Waals surface area contributed by atoms with Crippen LogP contribution in [0.5, 0.6) is 5.75 Å². The number of para-hydroxylation sites is 1. The second kappa shape index (κ2) is 12.9. The molecule has 0 saturated heterocycles. The highest BCUT2D eigenvalue weighted by Crippen LogP contribution is 2.27. The summed E-state index contributed by atoms with van der Waals surface area (Å²) < 4.78 is 5.92. The molecule has 33 heavy (non-hydrogen) atoms. The van der Waals surface area contributed by atoms with Gasteiger partial charge >= 0.3 is 0 Å².